The zero-order chi connectivity index (χ0) is 41.4. The molecular weight excluding hydrogens is 799 g/mol. The van der Waals surface area contributed by atoms with Crippen LogP contribution in [-0.4, -0.2) is 28.7 Å². The van der Waals surface area contributed by atoms with Crippen molar-refractivity contribution >= 4 is 69.0 Å². The number of carbonyl (C=O) groups excluding carboxylic acids is 2. The van der Waals surface area contributed by atoms with Crippen molar-refractivity contribution in [1.29, 1.82) is 0 Å². The standard InChI is InChI=1S/C52H41NO4S3/c1-26-19-45(58-43(26)25-38-47(54)34-16-13-30(51(56)57)23-37(34)48(38)55)46-21-28(3)50(60-46)49-27(2)20-44(59-49)29-14-18-42-36(22-29)33-10-8-12-41(33)53(42)31-15-17-40-35(24-31)32-9-6-7-11-39(32)52(40,4)5/h6-7,9,11,13-25,33,41H,8,10,12H2,1-5H3,(H,56,57)/b38-25+. The van der Waals surface area contributed by atoms with Crippen molar-refractivity contribution in [3.8, 4) is 41.1 Å². The van der Waals surface area contributed by atoms with Crippen LogP contribution >= 0.6 is 34.0 Å². The minimum atomic E-state index is -1.13. The number of nitrogens with zero attached hydrogens (tertiary/aromatic N) is 1. The number of benzene rings is 4. The molecule has 5 nitrogen and oxygen atoms in total. The van der Waals surface area contributed by atoms with Crippen LogP contribution in [0.5, 0.6) is 0 Å². The molecule has 3 aliphatic carbocycles. The van der Waals surface area contributed by atoms with Gasteiger partial charge < -0.3 is 10.0 Å². The van der Waals surface area contributed by atoms with Gasteiger partial charge in [-0.1, -0.05) is 56.7 Å². The van der Waals surface area contributed by atoms with Crippen LogP contribution in [0.1, 0.15) is 108 Å². The summed E-state index contributed by atoms with van der Waals surface area (Å²) in [5, 5.41) is 9.42. The second kappa shape index (κ2) is 13.4. The lowest BCUT2D eigenvalue weighted by Crippen LogP contribution is -2.26. The maximum absolute atomic E-state index is 13.3. The third kappa shape index (κ3) is 5.50. The van der Waals surface area contributed by atoms with Crippen molar-refractivity contribution < 1.29 is 19.5 Å². The number of fused-ring (bicyclic) bond motifs is 7. The van der Waals surface area contributed by atoms with Crippen LogP contribution in [-0.2, 0) is 5.41 Å². The predicted molar refractivity (Wildman–Crippen MR) is 247 cm³/mol. The second-order valence-corrected chi connectivity index (χ2v) is 20.5. The molecule has 4 aromatic carbocycles. The van der Waals surface area contributed by atoms with E-state index in [0.717, 1.165) is 20.2 Å². The number of thiophene rings is 3. The van der Waals surface area contributed by atoms with E-state index in [2.05, 4.69) is 111 Å². The van der Waals surface area contributed by atoms with Gasteiger partial charge in [-0.3, -0.25) is 9.59 Å². The van der Waals surface area contributed by atoms with E-state index in [1.807, 2.05) is 18.3 Å². The lowest BCUT2D eigenvalue weighted by molar-refractivity contribution is 0.0696. The number of aryl methyl sites for hydroxylation is 3. The summed E-state index contributed by atoms with van der Waals surface area (Å²) in [7, 11) is 0. The minimum Gasteiger partial charge on any atom is -0.478 e. The molecule has 296 valence electrons. The van der Waals surface area contributed by atoms with Gasteiger partial charge in [0, 0.05) is 69.1 Å². The second-order valence-electron chi connectivity index (χ2n) is 17.3. The van der Waals surface area contributed by atoms with E-state index in [0.29, 0.717) is 12.0 Å². The van der Waals surface area contributed by atoms with Gasteiger partial charge in [0.2, 0.25) is 0 Å². The molecule has 0 spiro atoms. The molecule has 8 heteroatoms. The highest BCUT2D eigenvalue weighted by atomic mass is 32.1. The largest absolute Gasteiger partial charge is 0.478 e. The Morgan fingerprint density at radius 3 is 2.20 bits per heavy atom. The number of allylic oxidation sites excluding steroid dienone is 1. The fraction of sp³-hybridized carbons (Fsp3) is 0.212. The smallest absolute Gasteiger partial charge is 0.335 e. The first-order chi connectivity index (χ1) is 28.9. The summed E-state index contributed by atoms with van der Waals surface area (Å²) in [5.41, 5.74) is 14.9. The fourth-order valence-electron chi connectivity index (χ4n) is 10.4. The van der Waals surface area contributed by atoms with E-state index in [9.17, 15) is 19.5 Å². The van der Waals surface area contributed by atoms with Gasteiger partial charge in [0.15, 0.2) is 11.6 Å². The van der Waals surface area contributed by atoms with Gasteiger partial charge in [0.1, 0.15) is 0 Å². The molecule has 60 heavy (non-hydrogen) atoms. The van der Waals surface area contributed by atoms with Crippen molar-refractivity contribution in [3.05, 3.63) is 158 Å². The number of carboxylic acids is 1. The number of aromatic carboxylic acids is 1. The van der Waals surface area contributed by atoms with E-state index in [1.165, 1.54) is 108 Å². The molecule has 11 rings (SSSR count). The fourth-order valence-corrected chi connectivity index (χ4v) is 14.2. The summed E-state index contributed by atoms with van der Waals surface area (Å²) < 4.78 is 0. The molecule has 0 radical (unpaired) electrons. The summed E-state index contributed by atoms with van der Waals surface area (Å²) in [5.74, 6) is -1.39. The zero-order valence-corrected chi connectivity index (χ0v) is 36.4. The van der Waals surface area contributed by atoms with Crippen LogP contribution in [0.2, 0.25) is 0 Å². The van der Waals surface area contributed by atoms with Crippen LogP contribution in [0.25, 0.3) is 47.2 Å². The molecule has 0 bridgehead atoms. The highest BCUT2D eigenvalue weighted by Gasteiger charge is 2.43. The van der Waals surface area contributed by atoms with Crippen molar-refractivity contribution in [3.63, 3.8) is 0 Å². The van der Waals surface area contributed by atoms with E-state index < -0.39 is 11.8 Å². The molecule has 1 N–H and O–H groups in total. The molecule has 7 aromatic rings. The first kappa shape index (κ1) is 37.3. The Bertz CT molecular complexity index is 3080. The lowest BCUT2D eigenvalue weighted by atomic mass is 9.82. The normalized spacial score (nSPS) is 18.9. The number of hydrogen-bond donors (Lipinski definition) is 1. The predicted octanol–water partition coefficient (Wildman–Crippen LogP) is 14.1. The molecule has 0 saturated heterocycles. The maximum Gasteiger partial charge on any atom is 0.335 e. The molecule has 1 aliphatic heterocycles. The average Bonchev–Trinajstić information content (AvgIpc) is 4.11. The van der Waals surface area contributed by atoms with Gasteiger partial charge in [-0.15, -0.1) is 34.0 Å². The number of carbonyl (C=O) groups is 3. The van der Waals surface area contributed by atoms with Crippen LogP contribution in [0.15, 0.2) is 103 Å². The van der Waals surface area contributed by atoms with Gasteiger partial charge in [-0.05, 0) is 150 Å². The molecular formula is C52H41NO4S3. The van der Waals surface area contributed by atoms with Gasteiger partial charge in [-0.25, -0.2) is 4.79 Å². The quantitative estimate of drug-likeness (QED) is 0.133. The Morgan fingerprint density at radius 2 is 1.40 bits per heavy atom. The number of rotatable bonds is 6. The zero-order valence-electron chi connectivity index (χ0n) is 33.9. The van der Waals surface area contributed by atoms with Gasteiger partial charge in [-0.2, -0.15) is 0 Å². The summed E-state index contributed by atoms with van der Waals surface area (Å²) in [4.78, 5) is 47.6. The van der Waals surface area contributed by atoms with Gasteiger partial charge in [0.25, 0.3) is 0 Å². The third-order valence-corrected chi connectivity index (χ3v) is 17.5. The highest BCUT2D eigenvalue weighted by Crippen LogP contribution is 2.56. The Labute approximate surface area is 361 Å². The number of carboxylic acid groups (broad SMARTS) is 1. The molecule has 2 unspecified atom stereocenters. The van der Waals surface area contributed by atoms with E-state index in [-0.39, 0.29) is 33.5 Å². The van der Waals surface area contributed by atoms with Crippen LogP contribution in [0.4, 0.5) is 11.4 Å². The van der Waals surface area contributed by atoms with Crippen LogP contribution in [0, 0.1) is 20.8 Å². The summed E-state index contributed by atoms with van der Waals surface area (Å²) in [6.45, 7) is 11.1. The van der Waals surface area contributed by atoms with Gasteiger partial charge in [0.05, 0.1) is 11.1 Å². The van der Waals surface area contributed by atoms with Crippen molar-refractivity contribution in [2.24, 2.45) is 0 Å². The number of anilines is 2. The van der Waals surface area contributed by atoms with Crippen LogP contribution < -0.4 is 4.90 Å². The monoisotopic (exact) mass is 839 g/mol. The summed E-state index contributed by atoms with van der Waals surface area (Å²) >= 11 is 5.22. The minimum absolute atomic E-state index is 0.00270. The summed E-state index contributed by atoms with van der Waals surface area (Å²) in [6, 6.07) is 34.6. The first-order valence-electron chi connectivity index (χ1n) is 20.6. The van der Waals surface area contributed by atoms with Gasteiger partial charge >= 0.3 is 5.97 Å². The number of Topliss-reactive ketones (excluding diaryl/α,β-unsaturated/α-hetero) is 2. The van der Waals surface area contributed by atoms with Crippen molar-refractivity contribution in [2.75, 3.05) is 4.90 Å². The first-order valence-corrected chi connectivity index (χ1v) is 23.0. The van der Waals surface area contributed by atoms with E-state index >= 15 is 0 Å². The molecule has 4 aliphatic rings. The Hall–Kier alpha value is -5.67. The topological polar surface area (TPSA) is 74.7 Å². The number of ketones is 2. The maximum atomic E-state index is 13.3. The SMILES string of the molecule is Cc1cc(-c2cc(C)c(-c3sc(-c4ccc5c(c4)C4CCCC4N5c4ccc5c(c4)-c4ccccc4C5(C)C)cc3C)s2)sc1/C=C1\C(=O)c2ccc(C(=O)O)cc2C1=O. The Kier molecular flexibility index (Phi) is 8.35. The molecule has 1 fully saturated rings. The third-order valence-electron chi connectivity index (χ3n) is 13.4. The summed E-state index contributed by atoms with van der Waals surface area (Å²) in [6.07, 6.45) is 5.36. The Balaban J connectivity index is 0.888. The Morgan fingerprint density at radius 1 is 0.700 bits per heavy atom. The van der Waals surface area contributed by atoms with E-state index in [4.69, 9.17) is 0 Å². The van der Waals surface area contributed by atoms with Crippen molar-refractivity contribution in [1.82, 2.24) is 0 Å². The average molecular weight is 840 g/mol. The molecule has 1 saturated carbocycles. The molecule has 2 atom stereocenters. The molecule has 0 amide bonds. The van der Waals surface area contributed by atoms with Crippen molar-refractivity contribution in [2.45, 2.75) is 71.3 Å². The molecule has 4 heterocycles. The number of hydrogen-bond acceptors (Lipinski definition) is 7. The molecule has 3 aromatic heterocycles. The van der Waals surface area contributed by atoms with Crippen LogP contribution in [0.3, 0.4) is 0 Å². The lowest BCUT2D eigenvalue weighted by Gasteiger charge is -2.28. The van der Waals surface area contributed by atoms with E-state index in [1.54, 1.807) is 28.7 Å². The highest BCUT2D eigenvalue weighted by molar-refractivity contribution is 7.27.